The van der Waals surface area contributed by atoms with E-state index in [-0.39, 0.29) is 0 Å². The van der Waals surface area contributed by atoms with Crippen LogP contribution in [-0.4, -0.2) is 12.6 Å². The first kappa shape index (κ1) is 13.9. The summed E-state index contributed by atoms with van der Waals surface area (Å²) in [5.41, 5.74) is 1.29. The Kier molecular flexibility index (Phi) is 5.52. The zero-order valence-corrected chi connectivity index (χ0v) is 12.0. The number of halogens is 1. The Bertz CT molecular complexity index is 358. The molecule has 1 saturated carbocycles. The van der Waals surface area contributed by atoms with Crippen molar-refractivity contribution in [2.75, 3.05) is 6.54 Å². The molecule has 1 aliphatic rings. The van der Waals surface area contributed by atoms with Crippen molar-refractivity contribution >= 4 is 11.6 Å². The first-order valence-electron chi connectivity index (χ1n) is 7.28. The van der Waals surface area contributed by atoms with Crippen LogP contribution in [0.1, 0.15) is 44.6 Å². The van der Waals surface area contributed by atoms with Gasteiger partial charge in [0.25, 0.3) is 0 Å². The number of nitrogens with one attached hydrogen (secondary N) is 1. The van der Waals surface area contributed by atoms with Crippen molar-refractivity contribution in [1.82, 2.24) is 5.32 Å². The molecule has 2 rings (SSSR count). The summed E-state index contributed by atoms with van der Waals surface area (Å²) >= 11 is 6.22. The summed E-state index contributed by atoms with van der Waals surface area (Å²) in [5, 5.41) is 4.59. The van der Waals surface area contributed by atoms with Crippen LogP contribution in [0.25, 0.3) is 0 Å². The highest BCUT2D eigenvalue weighted by Gasteiger charge is 2.24. The summed E-state index contributed by atoms with van der Waals surface area (Å²) in [4.78, 5) is 0. The summed E-state index contributed by atoms with van der Waals surface area (Å²) in [6, 6.07) is 8.91. The topological polar surface area (TPSA) is 12.0 Å². The van der Waals surface area contributed by atoms with E-state index in [9.17, 15) is 0 Å². The molecule has 0 spiro atoms. The lowest BCUT2D eigenvalue weighted by molar-refractivity contribution is 0.346. The molecule has 0 aliphatic heterocycles. The molecule has 0 radical (unpaired) electrons. The lowest BCUT2D eigenvalue weighted by atomic mass is 9.92. The van der Waals surface area contributed by atoms with E-state index in [0.29, 0.717) is 6.04 Å². The fourth-order valence-electron chi connectivity index (χ4n) is 3.14. The van der Waals surface area contributed by atoms with Crippen molar-refractivity contribution in [3.63, 3.8) is 0 Å². The quantitative estimate of drug-likeness (QED) is 0.802. The number of hydrogen-bond donors (Lipinski definition) is 1. The molecule has 2 heteroatoms. The highest BCUT2D eigenvalue weighted by molar-refractivity contribution is 6.31. The van der Waals surface area contributed by atoms with Crippen molar-refractivity contribution in [3.05, 3.63) is 34.9 Å². The van der Waals surface area contributed by atoms with Crippen LogP contribution < -0.4 is 5.32 Å². The average molecular weight is 266 g/mol. The summed E-state index contributed by atoms with van der Waals surface area (Å²) in [6.45, 7) is 3.28. The minimum absolute atomic E-state index is 0.675. The predicted octanol–water partition coefficient (Wildman–Crippen LogP) is 4.44. The molecule has 0 heterocycles. The molecule has 1 fully saturated rings. The standard InChI is InChI=1S/C16H24ClN/c1-2-18-16(14-8-3-4-9-14)12-11-13-7-5-6-10-15(13)17/h5-7,10,14,16,18H,2-4,8-9,11-12H2,1H3. The van der Waals surface area contributed by atoms with E-state index in [0.717, 1.165) is 23.9 Å². The Morgan fingerprint density at radius 3 is 2.67 bits per heavy atom. The Morgan fingerprint density at radius 2 is 2.00 bits per heavy atom. The van der Waals surface area contributed by atoms with Gasteiger partial charge < -0.3 is 5.32 Å². The van der Waals surface area contributed by atoms with Gasteiger partial charge in [-0.1, -0.05) is 49.6 Å². The smallest absolute Gasteiger partial charge is 0.0437 e. The second-order valence-electron chi connectivity index (χ2n) is 5.34. The fraction of sp³-hybridized carbons (Fsp3) is 0.625. The van der Waals surface area contributed by atoms with E-state index < -0.39 is 0 Å². The van der Waals surface area contributed by atoms with Gasteiger partial charge in [0.15, 0.2) is 0 Å². The van der Waals surface area contributed by atoms with Gasteiger partial charge in [0.05, 0.1) is 0 Å². The van der Waals surface area contributed by atoms with Crippen LogP contribution >= 0.6 is 11.6 Å². The van der Waals surface area contributed by atoms with Gasteiger partial charge in [0.1, 0.15) is 0 Å². The first-order valence-corrected chi connectivity index (χ1v) is 7.66. The van der Waals surface area contributed by atoms with Gasteiger partial charge in [-0.05, 0) is 49.8 Å². The molecule has 1 aromatic rings. The molecule has 0 amide bonds. The van der Waals surface area contributed by atoms with Crippen LogP contribution in [0.3, 0.4) is 0 Å². The normalized spacial score (nSPS) is 18.1. The molecular formula is C16H24ClN. The van der Waals surface area contributed by atoms with Crippen molar-refractivity contribution in [2.45, 2.75) is 51.5 Å². The van der Waals surface area contributed by atoms with Crippen LogP contribution in [0.15, 0.2) is 24.3 Å². The van der Waals surface area contributed by atoms with Gasteiger partial charge in [-0.15, -0.1) is 0 Å². The molecule has 1 nitrogen and oxygen atoms in total. The van der Waals surface area contributed by atoms with Crippen LogP contribution in [0.5, 0.6) is 0 Å². The van der Waals surface area contributed by atoms with Gasteiger partial charge >= 0.3 is 0 Å². The highest BCUT2D eigenvalue weighted by Crippen LogP contribution is 2.30. The molecule has 1 aromatic carbocycles. The predicted molar refractivity (Wildman–Crippen MR) is 79.2 cm³/mol. The maximum atomic E-state index is 6.22. The maximum Gasteiger partial charge on any atom is 0.0437 e. The minimum atomic E-state index is 0.675. The molecule has 0 saturated heterocycles. The molecule has 18 heavy (non-hydrogen) atoms. The third-order valence-corrected chi connectivity index (χ3v) is 4.49. The summed E-state index contributed by atoms with van der Waals surface area (Å²) in [5.74, 6) is 0.882. The Labute approximate surface area is 116 Å². The molecule has 1 aliphatic carbocycles. The Hall–Kier alpha value is -0.530. The second kappa shape index (κ2) is 7.16. The van der Waals surface area contributed by atoms with Gasteiger partial charge in [0, 0.05) is 11.1 Å². The van der Waals surface area contributed by atoms with Crippen LogP contribution in [0.2, 0.25) is 5.02 Å². The van der Waals surface area contributed by atoms with Gasteiger partial charge in [0.2, 0.25) is 0 Å². The van der Waals surface area contributed by atoms with E-state index in [4.69, 9.17) is 11.6 Å². The van der Waals surface area contributed by atoms with E-state index in [1.807, 2.05) is 12.1 Å². The lowest BCUT2D eigenvalue weighted by Crippen LogP contribution is -2.35. The minimum Gasteiger partial charge on any atom is -0.314 e. The zero-order valence-electron chi connectivity index (χ0n) is 11.3. The van der Waals surface area contributed by atoms with Crippen LogP contribution in [0, 0.1) is 5.92 Å². The molecule has 1 atom stereocenters. The van der Waals surface area contributed by atoms with E-state index >= 15 is 0 Å². The monoisotopic (exact) mass is 265 g/mol. The lowest BCUT2D eigenvalue weighted by Gasteiger charge is -2.24. The van der Waals surface area contributed by atoms with E-state index in [1.54, 1.807) is 0 Å². The van der Waals surface area contributed by atoms with E-state index in [2.05, 4.69) is 24.4 Å². The molecule has 1 N–H and O–H groups in total. The third kappa shape index (κ3) is 3.73. The average Bonchev–Trinajstić information content (AvgIpc) is 2.90. The maximum absolute atomic E-state index is 6.22. The summed E-state index contributed by atoms with van der Waals surface area (Å²) in [7, 11) is 0. The second-order valence-corrected chi connectivity index (χ2v) is 5.75. The van der Waals surface area contributed by atoms with Crippen molar-refractivity contribution in [1.29, 1.82) is 0 Å². The first-order chi connectivity index (χ1) is 8.81. The summed E-state index contributed by atoms with van der Waals surface area (Å²) in [6.07, 6.45) is 7.94. The Balaban J connectivity index is 1.91. The number of aryl methyl sites for hydroxylation is 1. The van der Waals surface area contributed by atoms with Gasteiger partial charge in [-0.3, -0.25) is 0 Å². The molecular weight excluding hydrogens is 242 g/mol. The van der Waals surface area contributed by atoms with Gasteiger partial charge in [-0.2, -0.15) is 0 Å². The van der Waals surface area contributed by atoms with Crippen molar-refractivity contribution in [3.8, 4) is 0 Å². The van der Waals surface area contributed by atoms with E-state index in [1.165, 1.54) is 37.7 Å². The van der Waals surface area contributed by atoms with Crippen molar-refractivity contribution in [2.24, 2.45) is 5.92 Å². The number of hydrogen-bond acceptors (Lipinski definition) is 1. The summed E-state index contributed by atoms with van der Waals surface area (Å²) < 4.78 is 0. The highest BCUT2D eigenvalue weighted by atomic mass is 35.5. The zero-order chi connectivity index (χ0) is 12.8. The molecule has 100 valence electrons. The Morgan fingerprint density at radius 1 is 1.28 bits per heavy atom. The fourth-order valence-corrected chi connectivity index (χ4v) is 3.37. The molecule has 0 aromatic heterocycles. The number of benzene rings is 1. The molecule has 1 unspecified atom stereocenters. The van der Waals surface area contributed by atoms with Crippen LogP contribution in [-0.2, 0) is 6.42 Å². The SMILES string of the molecule is CCNC(CCc1ccccc1Cl)C1CCCC1. The number of rotatable bonds is 6. The van der Waals surface area contributed by atoms with Crippen LogP contribution in [0.4, 0.5) is 0 Å². The molecule has 0 bridgehead atoms. The van der Waals surface area contributed by atoms with Gasteiger partial charge in [-0.25, -0.2) is 0 Å². The third-order valence-electron chi connectivity index (χ3n) is 4.12. The largest absolute Gasteiger partial charge is 0.314 e. The van der Waals surface area contributed by atoms with Crippen molar-refractivity contribution < 1.29 is 0 Å².